The number of guanidine groups is 1. The molecule has 0 amide bonds. The van der Waals surface area contributed by atoms with E-state index in [1.807, 2.05) is 24.3 Å². The van der Waals surface area contributed by atoms with Gasteiger partial charge in [-0.1, -0.05) is 18.2 Å². The lowest BCUT2D eigenvalue weighted by atomic mass is 10.2. The predicted molar refractivity (Wildman–Crippen MR) is 130 cm³/mol. The molecule has 3 heterocycles. The van der Waals surface area contributed by atoms with Crippen LogP contribution in [0.1, 0.15) is 12.0 Å². The first-order valence-electron chi connectivity index (χ1n) is 10.4. The van der Waals surface area contributed by atoms with Gasteiger partial charge < -0.3 is 15.0 Å². The number of para-hydroxylation sites is 1. The Kier molecular flexibility index (Phi) is 8.22. The monoisotopic (exact) mass is 549 g/mol. The summed E-state index contributed by atoms with van der Waals surface area (Å²) in [5.41, 5.74) is 1.93. The summed E-state index contributed by atoms with van der Waals surface area (Å²) in [7, 11) is -1.59. The van der Waals surface area contributed by atoms with Crippen molar-refractivity contribution in [3.8, 4) is 0 Å². The van der Waals surface area contributed by atoms with Gasteiger partial charge in [0.1, 0.15) is 0 Å². The standard InChI is InChI=1S/C20H31N5O3S.HI/c1-21-20(24-9-7-18(16-24)23-11-13-28-14-12-23)22-8-15-29(26,27)25-10-6-17-4-2-3-5-19(17)25;/h2-5,18H,6-16H2,1H3,(H,21,22);1H. The van der Waals surface area contributed by atoms with Crippen molar-refractivity contribution in [2.45, 2.75) is 18.9 Å². The zero-order chi connectivity index (χ0) is 20.3. The summed E-state index contributed by atoms with van der Waals surface area (Å²) >= 11 is 0. The fraction of sp³-hybridized carbons (Fsp3) is 0.650. The molecule has 1 aromatic rings. The molecule has 0 bridgehead atoms. The minimum Gasteiger partial charge on any atom is -0.379 e. The van der Waals surface area contributed by atoms with Gasteiger partial charge in [0.05, 0.1) is 24.7 Å². The molecule has 168 valence electrons. The molecule has 0 radical (unpaired) electrons. The zero-order valence-corrected chi connectivity index (χ0v) is 20.6. The second-order valence-corrected chi connectivity index (χ2v) is 9.79. The maximum Gasteiger partial charge on any atom is 0.236 e. The van der Waals surface area contributed by atoms with Gasteiger partial charge >= 0.3 is 0 Å². The Morgan fingerprint density at radius 2 is 1.97 bits per heavy atom. The molecule has 0 saturated carbocycles. The van der Waals surface area contributed by atoms with Crippen LogP contribution < -0.4 is 9.62 Å². The Morgan fingerprint density at radius 3 is 2.73 bits per heavy atom. The quantitative estimate of drug-likeness (QED) is 0.336. The smallest absolute Gasteiger partial charge is 0.236 e. The third kappa shape index (κ3) is 5.20. The third-order valence-electron chi connectivity index (χ3n) is 6.06. The summed E-state index contributed by atoms with van der Waals surface area (Å²) in [4.78, 5) is 9.11. The maximum atomic E-state index is 12.9. The molecule has 0 aromatic heterocycles. The third-order valence-corrected chi connectivity index (χ3v) is 7.83. The summed E-state index contributed by atoms with van der Waals surface area (Å²) in [5.74, 6) is 0.846. The number of ether oxygens (including phenoxy) is 1. The average Bonchev–Trinajstić information content (AvgIpc) is 3.40. The van der Waals surface area contributed by atoms with E-state index in [4.69, 9.17) is 4.74 Å². The van der Waals surface area contributed by atoms with Crippen molar-refractivity contribution in [2.24, 2.45) is 4.99 Å². The van der Waals surface area contributed by atoms with Gasteiger partial charge in [0.15, 0.2) is 5.96 Å². The fourth-order valence-electron chi connectivity index (χ4n) is 4.51. The number of nitrogens with zero attached hydrogens (tertiary/aromatic N) is 4. The Morgan fingerprint density at radius 1 is 1.20 bits per heavy atom. The number of hydrogen-bond donors (Lipinski definition) is 1. The van der Waals surface area contributed by atoms with Gasteiger partial charge in [0, 0.05) is 52.4 Å². The average molecular weight is 549 g/mol. The molecule has 1 N–H and O–H groups in total. The lowest BCUT2D eigenvalue weighted by molar-refractivity contribution is 0.0195. The topological polar surface area (TPSA) is 77.5 Å². The summed E-state index contributed by atoms with van der Waals surface area (Å²) in [6.45, 7) is 6.33. The number of morpholine rings is 1. The van der Waals surface area contributed by atoms with E-state index in [0.29, 0.717) is 19.1 Å². The van der Waals surface area contributed by atoms with Crippen molar-refractivity contribution in [3.63, 3.8) is 0 Å². The van der Waals surface area contributed by atoms with E-state index in [1.165, 1.54) is 0 Å². The zero-order valence-electron chi connectivity index (χ0n) is 17.5. The number of benzene rings is 1. The SMILES string of the molecule is CN=C(NCCS(=O)(=O)N1CCc2ccccc21)N1CCC(N2CCOCC2)C1.I. The molecule has 4 rings (SSSR count). The van der Waals surface area contributed by atoms with E-state index in [9.17, 15) is 8.42 Å². The van der Waals surface area contributed by atoms with Crippen molar-refractivity contribution >= 4 is 45.6 Å². The normalized spacial score (nSPS) is 22.7. The van der Waals surface area contributed by atoms with Crippen molar-refractivity contribution < 1.29 is 13.2 Å². The van der Waals surface area contributed by atoms with Crippen molar-refractivity contribution in [3.05, 3.63) is 29.8 Å². The molecule has 3 aliphatic heterocycles. The van der Waals surface area contributed by atoms with Gasteiger partial charge in [-0.2, -0.15) is 0 Å². The van der Waals surface area contributed by atoms with Gasteiger partial charge in [-0.25, -0.2) is 8.42 Å². The van der Waals surface area contributed by atoms with Crippen LogP contribution in [-0.2, 0) is 21.2 Å². The number of likely N-dealkylation sites (tertiary alicyclic amines) is 1. The number of sulfonamides is 1. The number of anilines is 1. The van der Waals surface area contributed by atoms with Gasteiger partial charge in [-0.3, -0.25) is 14.2 Å². The summed E-state index contributed by atoms with van der Waals surface area (Å²) in [6.07, 6.45) is 1.88. The Hall–Kier alpha value is -1.11. The molecule has 2 saturated heterocycles. The highest BCUT2D eigenvalue weighted by Crippen LogP contribution is 2.29. The molecular formula is C20H32IN5O3S. The highest BCUT2D eigenvalue weighted by Gasteiger charge is 2.31. The van der Waals surface area contributed by atoms with Crippen LogP contribution in [0.3, 0.4) is 0 Å². The van der Waals surface area contributed by atoms with Crippen LogP contribution in [0, 0.1) is 0 Å². The van der Waals surface area contributed by atoms with Crippen LogP contribution in [0.2, 0.25) is 0 Å². The van der Waals surface area contributed by atoms with Crippen LogP contribution in [-0.4, -0.2) is 95.5 Å². The first kappa shape index (κ1) is 23.6. The number of rotatable bonds is 5. The summed E-state index contributed by atoms with van der Waals surface area (Å²) < 4.78 is 32.7. The highest BCUT2D eigenvalue weighted by molar-refractivity contribution is 14.0. The van der Waals surface area contributed by atoms with E-state index in [2.05, 4.69) is 20.1 Å². The number of nitrogens with one attached hydrogen (secondary N) is 1. The van der Waals surface area contributed by atoms with Crippen LogP contribution in [0.15, 0.2) is 29.3 Å². The summed E-state index contributed by atoms with van der Waals surface area (Å²) in [5, 5.41) is 3.27. The molecule has 1 aromatic carbocycles. The largest absolute Gasteiger partial charge is 0.379 e. The molecular weight excluding hydrogens is 517 g/mol. The molecule has 1 atom stereocenters. The van der Waals surface area contributed by atoms with Crippen molar-refractivity contribution in [2.75, 3.05) is 69.6 Å². The van der Waals surface area contributed by atoms with Gasteiger partial charge in [0.2, 0.25) is 10.0 Å². The minimum absolute atomic E-state index is 0. The molecule has 1 unspecified atom stereocenters. The first-order valence-corrected chi connectivity index (χ1v) is 12.0. The van der Waals surface area contributed by atoms with Gasteiger partial charge in [-0.15, -0.1) is 24.0 Å². The number of fused-ring (bicyclic) bond motifs is 1. The number of aliphatic imine (C=N–C) groups is 1. The number of halogens is 1. The maximum absolute atomic E-state index is 12.9. The second-order valence-electron chi connectivity index (χ2n) is 7.78. The Labute approximate surface area is 196 Å². The first-order chi connectivity index (χ1) is 14.1. The molecule has 3 aliphatic rings. The van der Waals surface area contributed by atoms with Crippen LogP contribution in [0.5, 0.6) is 0 Å². The van der Waals surface area contributed by atoms with E-state index < -0.39 is 10.0 Å². The van der Waals surface area contributed by atoms with Crippen LogP contribution in [0.4, 0.5) is 5.69 Å². The lowest BCUT2D eigenvalue weighted by Gasteiger charge is -2.32. The van der Waals surface area contributed by atoms with Gasteiger partial charge in [-0.05, 0) is 24.5 Å². The minimum atomic E-state index is -3.35. The van der Waals surface area contributed by atoms with E-state index >= 15 is 0 Å². The predicted octanol–water partition coefficient (Wildman–Crippen LogP) is 0.979. The molecule has 0 aliphatic carbocycles. The molecule has 10 heteroatoms. The van der Waals surface area contributed by atoms with Crippen molar-refractivity contribution in [1.82, 2.24) is 15.1 Å². The second kappa shape index (κ2) is 10.5. The summed E-state index contributed by atoms with van der Waals surface area (Å²) in [6, 6.07) is 8.26. The fourth-order valence-corrected chi connectivity index (χ4v) is 5.93. The molecule has 0 spiro atoms. The molecule has 2 fully saturated rings. The highest BCUT2D eigenvalue weighted by atomic mass is 127. The van der Waals surface area contributed by atoms with Gasteiger partial charge in [0.25, 0.3) is 0 Å². The van der Waals surface area contributed by atoms with Crippen LogP contribution in [0.25, 0.3) is 0 Å². The van der Waals surface area contributed by atoms with Crippen LogP contribution >= 0.6 is 24.0 Å². The van der Waals surface area contributed by atoms with Crippen molar-refractivity contribution in [1.29, 1.82) is 0 Å². The molecule has 30 heavy (non-hydrogen) atoms. The van der Waals surface area contributed by atoms with E-state index in [1.54, 1.807) is 11.4 Å². The Bertz CT molecular complexity index is 845. The Balaban J connectivity index is 0.00000256. The lowest BCUT2D eigenvalue weighted by Crippen LogP contribution is -2.47. The molecule has 8 nitrogen and oxygen atoms in total. The van der Waals surface area contributed by atoms with E-state index in [0.717, 1.165) is 69.4 Å². The number of hydrogen-bond acceptors (Lipinski definition) is 5. The van der Waals surface area contributed by atoms with E-state index in [-0.39, 0.29) is 29.7 Å².